The van der Waals surface area contributed by atoms with Gasteiger partial charge in [0.25, 0.3) is 0 Å². The lowest BCUT2D eigenvalue weighted by molar-refractivity contribution is -0.124. The van der Waals surface area contributed by atoms with Crippen molar-refractivity contribution in [3.8, 4) is 5.75 Å². The van der Waals surface area contributed by atoms with Crippen LogP contribution in [0, 0.1) is 5.92 Å². The van der Waals surface area contributed by atoms with Gasteiger partial charge in [-0.2, -0.15) is 8.78 Å². The van der Waals surface area contributed by atoms with E-state index in [0.717, 1.165) is 24.8 Å². The highest BCUT2D eigenvalue weighted by Crippen LogP contribution is 2.24. The molecule has 0 saturated heterocycles. The Morgan fingerprint density at radius 3 is 2.62 bits per heavy atom. The molecular formula is C15H20F2N2O2. The number of halogens is 2. The third-order valence-corrected chi connectivity index (χ3v) is 3.71. The number of nitrogens with one attached hydrogen (secondary N) is 1. The highest BCUT2D eigenvalue weighted by Gasteiger charge is 2.27. The van der Waals surface area contributed by atoms with Crippen LogP contribution >= 0.6 is 0 Å². The van der Waals surface area contributed by atoms with Gasteiger partial charge < -0.3 is 15.8 Å². The average Bonchev–Trinajstić information content (AvgIpc) is 2.87. The molecule has 0 spiro atoms. The van der Waals surface area contributed by atoms with E-state index in [4.69, 9.17) is 5.73 Å². The Morgan fingerprint density at radius 1 is 1.33 bits per heavy atom. The van der Waals surface area contributed by atoms with Crippen LogP contribution in [-0.4, -0.2) is 25.1 Å². The van der Waals surface area contributed by atoms with Crippen LogP contribution in [0.15, 0.2) is 24.3 Å². The van der Waals surface area contributed by atoms with Gasteiger partial charge in [0.15, 0.2) is 0 Å². The summed E-state index contributed by atoms with van der Waals surface area (Å²) in [5.74, 6) is 0.222. The maximum absolute atomic E-state index is 12.0. The van der Waals surface area contributed by atoms with Crippen molar-refractivity contribution in [2.75, 3.05) is 6.54 Å². The molecular weight excluding hydrogens is 278 g/mol. The zero-order chi connectivity index (χ0) is 15.2. The molecule has 1 amide bonds. The Morgan fingerprint density at radius 2 is 2.05 bits per heavy atom. The lowest BCUT2D eigenvalue weighted by Gasteiger charge is -2.11. The molecule has 0 radical (unpaired) electrons. The quantitative estimate of drug-likeness (QED) is 0.845. The topological polar surface area (TPSA) is 64.4 Å². The molecule has 1 aliphatic carbocycles. The average molecular weight is 298 g/mol. The van der Waals surface area contributed by atoms with Crippen molar-refractivity contribution in [1.82, 2.24) is 5.32 Å². The smallest absolute Gasteiger partial charge is 0.387 e. The van der Waals surface area contributed by atoms with Gasteiger partial charge in [0, 0.05) is 18.5 Å². The summed E-state index contributed by atoms with van der Waals surface area (Å²) in [6.07, 6.45) is 3.17. The maximum Gasteiger partial charge on any atom is 0.387 e. The van der Waals surface area contributed by atoms with Gasteiger partial charge in [-0.05, 0) is 43.4 Å². The minimum atomic E-state index is -2.81. The molecule has 4 nitrogen and oxygen atoms in total. The van der Waals surface area contributed by atoms with Crippen LogP contribution < -0.4 is 15.8 Å². The number of nitrogens with two attached hydrogens (primary N) is 1. The summed E-state index contributed by atoms with van der Waals surface area (Å²) < 4.78 is 28.3. The second kappa shape index (κ2) is 7.36. The Bertz CT molecular complexity index is 465. The number of hydrogen-bond donors (Lipinski definition) is 2. The van der Waals surface area contributed by atoms with Gasteiger partial charge >= 0.3 is 6.61 Å². The second-order valence-corrected chi connectivity index (χ2v) is 5.33. The number of carbonyl (C=O) groups excluding carboxylic acids is 1. The van der Waals surface area contributed by atoms with Crippen molar-refractivity contribution >= 4 is 5.91 Å². The fraction of sp³-hybridized carbons (Fsp3) is 0.533. The predicted octanol–water partition coefficient (Wildman–Crippen LogP) is 2.07. The monoisotopic (exact) mass is 298 g/mol. The number of alkyl halides is 2. The molecule has 1 aromatic rings. The Hall–Kier alpha value is -1.69. The molecule has 0 aliphatic heterocycles. The highest BCUT2D eigenvalue weighted by molar-refractivity contribution is 5.79. The fourth-order valence-electron chi connectivity index (χ4n) is 2.57. The number of ether oxygens (including phenoxy) is 1. The minimum Gasteiger partial charge on any atom is -0.435 e. The van der Waals surface area contributed by atoms with Crippen LogP contribution in [0.4, 0.5) is 8.78 Å². The number of rotatable bonds is 6. The molecule has 2 rings (SSSR count). The van der Waals surface area contributed by atoms with Crippen LogP contribution in [-0.2, 0) is 11.2 Å². The van der Waals surface area contributed by atoms with Gasteiger partial charge in [-0.1, -0.05) is 12.1 Å². The standard InChI is InChI=1S/C15H20F2N2O2/c16-15(17)21-13-5-1-10(2-6-13)7-8-19-14(20)11-3-4-12(18)9-11/h1-2,5-6,11-12,15H,3-4,7-9,18H2,(H,19,20). The Balaban J connectivity index is 1.72. The maximum atomic E-state index is 12.0. The third kappa shape index (κ3) is 4.97. The summed E-state index contributed by atoms with van der Waals surface area (Å²) in [4.78, 5) is 11.9. The van der Waals surface area contributed by atoms with Gasteiger partial charge in [0.1, 0.15) is 5.75 Å². The first-order valence-corrected chi connectivity index (χ1v) is 7.11. The summed E-state index contributed by atoms with van der Waals surface area (Å²) in [6, 6.07) is 6.58. The van der Waals surface area contributed by atoms with Crippen LogP contribution in [0.5, 0.6) is 5.75 Å². The first kappa shape index (κ1) is 15.7. The van der Waals surface area contributed by atoms with E-state index in [0.29, 0.717) is 13.0 Å². The number of hydrogen-bond acceptors (Lipinski definition) is 3. The van der Waals surface area contributed by atoms with Gasteiger partial charge in [-0.15, -0.1) is 0 Å². The van der Waals surface area contributed by atoms with Crippen LogP contribution in [0.3, 0.4) is 0 Å². The largest absolute Gasteiger partial charge is 0.435 e. The first-order chi connectivity index (χ1) is 10.0. The van der Waals surface area contributed by atoms with Crippen molar-refractivity contribution in [3.05, 3.63) is 29.8 Å². The van der Waals surface area contributed by atoms with Crippen LogP contribution in [0.2, 0.25) is 0 Å². The molecule has 2 unspecified atom stereocenters. The molecule has 1 fully saturated rings. The normalized spacial score (nSPS) is 21.5. The molecule has 1 aromatic carbocycles. The van der Waals surface area contributed by atoms with Gasteiger partial charge in [0.2, 0.25) is 5.91 Å². The molecule has 3 N–H and O–H groups in total. The summed E-state index contributed by atoms with van der Waals surface area (Å²) in [7, 11) is 0. The summed E-state index contributed by atoms with van der Waals surface area (Å²) in [5.41, 5.74) is 6.74. The Labute approximate surface area is 122 Å². The van der Waals surface area contributed by atoms with E-state index in [1.54, 1.807) is 12.1 Å². The van der Waals surface area contributed by atoms with Crippen LogP contribution in [0.25, 0.3) is 0 Å². The molecule has 116 valence electrons. The summed E-state index contributed by atoms with van der Waals surface area (Å²) in [5, 5.41) is 2.89. The number of carbonyl (C=O) groups is 1. The van der Waals surface area contributed by atoms with Gasteiger partial charge in [0.05, 0.1) is 0 Å². The van der Waals surface area contributed by atoms with Crippen molar-refractivity contribution in [3.63, 3.8) is 0 Å². The first-order valence-electron chi connectivity index (χ1n) is 7.11. The van der Waals surface area contributed by atoms with Gasteiger partial charge in [-0.25, -0.2) is 0 Å². The molecule has 0 aromatic heterocycles. The molecule has 1 aliphatic rings. The van der Waals surface area contributed by atoms with Crippen LogP contribution in [0.1, 0.15) is 24.8 Å². The molecule has 0 bridgehead atoms. The lowest BCUT2D eigenvalue weighted by atomic mass is 10.1. The summed E-state index contributed by atoms with van der Waals surface area (Å²) in [6.45, 7) is -2.28. The zero-order valence-electron chi connectivity index (χ0n) is 11.7. The third-order valence-electron chi connectivity index (χ3n) is 3.71. The molecule has 1 saturated carbocycles. The fourth-order valence-corrected chi connectivity index (χ4v) is 2.57. The molecule has 21 heavy (non-hydrogen) atoms. The predicted molar refractivity (Wildman–Crippen MR) is 75.1 cm³/mol. The van der Waals surface area contributed by atoms with Crippen molar-refractivity contribution < 1.29 is 18.3 Å². The minimum absolute atomic E-state index is 0.0295. The molecule has 2 atom stereocenters. The zero-order valence-corrected chi connectivity index (χ0v) is 11.7. The van der Waals surface area contributed by atoms with E-state index in [1.807, 2.05) is 0 Å². The molecule has 6 heteroatoms. The van der Waals surface area contributed by atoms with Gasteiger partial charge in [-0.3, -0.25) is 4.79 Å². The van der Waals surface area contributed by atoms with Crippen molar-refractivity contribution in [2.24, 2.45) is 11.7 Å². The van der Waals surface area contributed by atoms with E-state index in [9.17, 15) is 13.6 Å². The number of benzene rings is 1. The van der Waals surface area contributed by atoms with E-state index in [2.05, 4.69) is 10.1 Å². The van der Waals surface area contributed by atoms with E-state index in [1.165, 1.54) is 12.1 Å². The Kier molecular flexibility index (Phi) is 5.50. The van der Waals surface area contributed by atoms with E-state index < -0.39 is 6.61 Å². The highest BCUT2D eigenvalue weighted by atomic mass is 19.3. The van der Waals surface area contributed by atoms with E-state index in [-0.39, 0.29) is 23.6 Å². The second-order valence-electron chi connectivity index (χ2n) is 5.33. The van der Waals surface area contributed by atoms with Crippen molar-refractivity contribution in [2.45, 2.75) is 38.3 Å². The molecule has 0 heterocycles. The summed E-state index contributed by atoms with van der Waals surface area (Å²) >= 11 is 0. The number of amides is 1. The van der Waals surface area contributed by atoms with E-state index >= 15 is 0 Å². The SMILES string of the molecule is NC1CCC(C(=O)NCCc2ccc(OC(F)F)cc2)C1. The lowest BCUT2D eigenvalue weighted by Crippen LogP contribution is -2.31. The van der Waals surface area contributed by atoms with Crippen molar-refractivity contribution in [1.29, 1.82) is 0 Å².